The van der Waals surface area contributed by atoms with Gasteiger partial charge in [0, 0.05) is 24.8 Å². The first-order chi connectivity index (χ1) is 12.6. The van der Waals surface area contributed by atoms with E-state index >= 15 is 0 Å². The Morgan fingerprint density at radius 2 is 2.15 bits per heavy atom. The third-order valence-corrected chi connectivity index (χ3v) is 4.91. The number of nitrogens with zero attached hydrogens (tertiary/aromatic N) is 3. The topological polar surface area (TPSA) is 85.9 Å². The van der Waals surface area contributed by atoms with Crippen LogP contribution in [0.25, 0.3) is 10.9 Å². The summed E-state index contributed by atoms with van der Waals surface area (Å²) in [5.41, 5.74) is 1.91. The average molecular weight is 350 g/mol. The second-order valence-electron chi connectivity index (χ2n) is 6.72. The Balaban J connectivity index is 1.45. The Labute approximate surface area is 151 Å². The molecule has 0 radical (unpaired) electrons. The third-order valence-electron chi connectivity index (χ3n) is 4.91. The number of nitrogens with one attached hydrogen (secondary N) is 3. The molecule has 1 aliphatic heterocycles. The quantitative estimate of drug-likeness (QED) is 0.673. The second-order valence-corrected chi connectivity index (χ2v) is 6.72. The number of hydrogen-bond acceptors (Lipinski definition) is 4. The molecule has 1 aromatic carbocycles. The van der Waals surface area contributed by atoms with Crippen LogP contribution in [0.2, 0.25) is 0 Å². The van der Waals surface area contributed by atoms with Crippen LogP contribution in [0, 0.1) is 0 Å². The van der Waals surface area contributed by atoms with E-state index in [2.05, 4.69) is 37.6 Å². The number of carbonyl (C=O) groups excluding carboxylic acids is 1. The number of aromatic nitrogens is 3. The fourth-order valence-corrected chi connectivity index (χ4v) is 3.19. The lowest BCUT2D eigenvalue weighted by Gasteiger charge is -2.39. The van der Waals surface area contributed by atoms with E-state index in [1.807, 2.05) is 43.3 Å². The van der Waals surface area contributed by atoms with Crippen LogP contribution >= 0.6 is 0 Å². The van der Waals surface area contributed by atoms with E-state index in [1.54, 1.807) is 6.20 Å². The summed E-state index contributed by atoms with van der Waals surface area (Å²) in [4.78, 5) is 18.9. The first-order valence-electron chi connectivity index (χ1n) is 8.85. The lowest BCUT2D eigenvalue weighted by Crippen LogP contribution is -2.46. The Bertz CT molecular complexity index is 922. The molecule has 0 saturated carbocycles. The van der Waals surface area contributed by atoms with E-state index in [1.165, 1.54) is 6.42 Å². The highest BCUT2D eigenvalue weighted by molar-refractivity contribution is 5.94. The zero-order chi connectivity index (χ0) is 18.1. The van der Waals surface area contributed by atoms with Crippen LogP contribution < -0.4 is 15.5 Å². The van der Waals surface area contributed by atoms with Crippen LogP contribution in [0.4, 0.5) is 16.4 Å². The summed E-state index contributed by atoms with van der Waals surface area (Å²) in [7, 11) is 0. The zero-order valence-corrected chi connectivity index (χ0v) is 14.9. The van der Waals surface area contributed by atoms with Crippen molar-refractivity contribution in [1.29, 1.82) is 0 Å². The van der Waals surface area contributed by atoms with Gasteiger partial charge >= 0.3 is 6.03 Å². The van der Waals surface area contributed by atoms with Gasteiger partial charge in [-0.2, -0.15) is 5.10 Å². The number of fused-ring (bicyclic) bond motifs is 1. The summed E-state index contributed by atoms with van der Waals surface area (Å²) < 4.78 is 0. The van der Waals surface area contributed by atoms with Crippen molar-refractivity contribution in [3.05, 3.63) is 48.2 Å². The molecule has 7 heteroatoms. The van der Waals surface area contributed by atoms with E-state index in [0.29, 0.717) is 11.9 Å². The van der Waals surface area contributed by atoms with E-state index in [0.717, 1.165) is 28.8 Å². The van der Waals surface area contributed by atoms with Crippen LogP contribution in [0.5, 0.6) is 0 Å². The Hall–Kier alpha value is -3.09. The molecule has 3 aromatic rings. The maximum absolute atomic E-state index is 12.2. The summed E-state index contributed by atoms with van der Waals surface area (Å²) in [6.07, 6.45) is 2.94. The minimum atomic E-state index is -0.288. The SMILES string of the molecule is CC(NC(=O)Nc1cc2[nH]nc(N3CCC3C)c2cn1)c1ccccc1. The van der Waals surface area contributed by atoms with Crippen molar-refractivity contribution in [3.63, 3.8) is 0 Å². The lowest BCUT2D eigenvalue weighted by atomic mass is 10.1. The maximum Gasteiger partial charge on any atom is 0.320 e. The van der Waals surface area contributed by atoms with Gasteiger partial charge in [0.05, 0.1) is 16.9 Å². The molecule has 2 aromatic heterocycles. The van der Waals surface area contributed by atoms with Crippen LogP contribution in [0.15, 0.2) is 42.6 Å². The molecule has 1 saturated heterocycles. The minimum absolute atomic E-state index is 0.0911. The number of pyridine rings is 1. The van der Waals surface area contributed by atoms with Crippen molar-refractivity contribution in [3.8, 4) is 0 Å². The number of aromatic amines is 1. The molecule has 3 N–H and O–H groups in total. The van der Waals surface area contributed by atoms with E-state index in [4.69, 9.17) is 0 Å². The van der Waals surface area contributed by atoms with Crippen LogP contribution in [-0.2, 0) is 0 Å². The highest BCUT2D eigenvalue weighted by atomic mass is 16.2. The number of rotatable bonds is 4. The Morgan fingerprint density at radius 1 is 1.35 bits per heavy atom. The predicted molar refractivity (Wildman–Crippen MR) is 102 cm³/mol. The van der Waals surface area contributed by atoms with Gasteiger partial charge in [-0.1, -0.05) is 30.3 Å². The summed E-state index contributed by atoms with van der Waals surface area (Å²) in [6.45, 7) is 5.15. The van der Waals surface area contributed by atoms with Gasteiger partial charge in [-0.25, -0.2) is 9.78 Å². The monoisotopic (exact) mass is 350 g/mol. The summed E-state index contributed by atoms with van der Waals surface area (Å²) in [5, 5.41) is 14.1. The molecule has 0 aliphatic carbocycles. The molecule has 7 nitrogen and oxygen atoms in total. The first-order valence-corrected chi connectivity index (χ1v) is 8.85. The molecule has 2 atom stereocenters. The molecule has 0 spiro atoms. The van der Waals surface area contributed by atoms with Gasteiger partial charge in [-0.05, 0) is 25.8 Å². The normalized spacial score (nSPS) is 17.6. The molecule has 2 unspecified atom stereocenters. The molecular weight excluding hydrogens is 328 g/mol. The molecule has 2 amide bonds. The van der Waals surface area contributed by atoms with Crippen molar-refractivity contribution in [2.24, 2.45) is 0 Å². The maximum atomic E-state index is 12.2. The van der Waals surface area contributed by atoms with E-state index < -0.39 is 0 Å². The zero-order valence-electron chi connectivity index (χ0n) is 14.9. The molecule has 1 fully saturated rings. The second kappa shape index (κ2) is 6.67. The van der Waals surface area contributed by atoms with E-state index in [9.17, 15) is 4.79 Å². The molecule has 1 aliphatic rings. The number of urea groups is 1. The van der Waals surface area contributed by atoms with Gasteiger partial charge in [-0.3, -0.25) is 10.4 Å². The van der Waals surface area contributed by atoms with Gasteiger partial charge in [0.15, 0.2) is 5.82 Å². The summed E-state index contributed by atoms with van der Waals surface area (Å²) in [6, 6.07) is 11.8. The van der Waals surface area contributed by atoms with Gasteiger partial charge in [0.2, 0.25) is 0 Å². The first kappa shape index (κ1) is 16.4. The Morgan fingerprint density at radius 3 is 2.85 bits per heavy atom. The summed E-state index contributed by atoms with van der Waals surface area (Å²) in [5.74, 6) is 1.42. The van der Waals surface area contributed by atoms with Crippen molar-refractivity contribution >= 4 is 28.6 Å². The highest BCUT2D eigenvalue weighted by Crippen LogP contribution is 2.31. The largest absolute Gasteiger partial charge is 0.352 e. The fourth-order valence-electron chi connectivity index (χ4n) is 3.19. The van der Waals surface area contributed by atoms with Crippen molar-refractivity contribution < 1.29 is 4.79 Å². The number of amides is 2. The van der Waals surface area contributed by atoms with Crippen LogP contribution in [0.3, 0.4) is 0 Å². The van der Waals surface area contributed by atoms with Crippen molar-refractivity contribution in [2.45, 2.75) is 32.4 Å². The molecule has 4 rings (SSSR count). The van der Waals surface area contributed by atoms with Crippen LogP contribution in [-0.4, -0.2) is 33.8 Å². The van der Waals surface area contributed by atoms with Crippen LogP contribution in [0.1, 0.15) is 31.9 Å². The molecule has 0 bridgehead atoms. The Kier molecular flexibility index (Phi) is 4.20. The smallest absolute Gasteiger partial charge is 0.320 e. The molecule has 3 heterocycles. The number of hydrogen-bond donors (Lipinski definition) is 3. The number of anilines is 2. The van der Waals surface area contributed by atoms with Gasteiger partial charge in [-0.15, -0.1) is 0 Å². The number of H-pyrrole nitrogens is 1. The lowest BCUT2D eigenvalue weighted by molar-refractivity contribution is 0.249. The predicted octanol–water partition coefficient (Wildman–Crippen LogP) is 3.44. The minimum Gasteiger partial charge on any atom is -0.352 e. The third kappa shape index (κ3) is 3.08. The number of benzene rings is 1. The molecular formula is C19H22N6O. The van der Waals surface area contributed by atoms with Crippen molar-refractivity contribution in [2.75, 3.05) is 16.8 Å². The fraction of sp³-hybridized carbons (Fsp3) is 0.316. The van der Waals surface area contributed by atoms with Gasteiger partial charge in [0.25, 0.3) is 0 Å². The van der Waals surface area contributed by atoms with Crippen molar-refractivity contribution in [1.82, 2.24) is 20.5 Å². The number of carbonyl (C=O) groups is 1. The molecule has 26 heavy (non-hydrogen) atoms. The molecule has 134 valence electrons. The average Bonchev–Trinajstić information content (AvgIpc) is 3.03. The van der Waals surface area contributed by atoms with Gasteiger partial charge in [0.1, 0.15) is 5.82 Å². The highest BCUT2D eigenvalue weighted by Gasteiger charge is 2.27. The van der Waals surface area contributed by atoms with Gasteiger partial charge < -0.3 is 10.2 Å². The summed E-state index contributed by atoms with van der Waals surface area (Å²) >= 11 is 0. The standard InChI is InChI=1S/C19H22N6O/c1-12-8-9-25(12)18-15-11-20-17(10-16(15)23-24-18)22-19(26)21-13(2)14-6-4-3-5-7-14/h3-7,10-13H,8-9H2,1-2H3,(H,23,24)(H2,20,21,22,26). The van der Waals surface area contributed by atoms with E-state index in [-0.39, 0.29) is 12.1 Å².